The second-order valence-corrected chi connectivity index (χ2v) is 6.70. The highest BCUT2D eigenvalue weighted by Crippen LogP contribution is 2.28. The molecule has 0 spiro atoms. The molecular weight excluding hydrogens is 304 g/mol. The average molecular weight is 327 g/mol. The molecule has 1 aliphatic rings. The fraction of sp³-hybridized carbons (Fsp3) is 0.533. The minimum Gasteiger partial charge on any atom is -0.316 e. The first-order valence-corrected chi connectivity index (χ1v) is 8.03. The Kier molecular flexibility index (Phi) is 5.81. The zero-order chi connectivity index (χ0) is 13.9. The van der Waals surface area contributed by atoms with Gasteiger partial charge in [0.05, 0.1) is 6.20 Å². The van der Waals surface area contributed by atoms with E-state index in [2.05, 4.69) is 40.7 Å². The quantitative estimate of drug-likeness (QED) is 0.938. The Bertz CT molecular complexity index is 566. The van der Waals surface area contributed by atoms with Crippen LogP contribution in [0, 0.1) is 0 Å². The summed E-state index contributed by atoms with van der Waals surface area (Å²) >= 11 is 1.89. The standard InChI is InChI=1S/C15H22N4S.ClH/c1-16-13-4-3-7-19(10-13)11-14-5-6-15(20-14)12-8-17-18(2)9-12;/h5-6,8-9,13,16H,3-4,7,10-11H2,1-2H3;1H. The molecule has 6 heteroatoms. The van der Waals surface area contributed by atoms with Gasteiger partial charge in [-0.2, -0.15) is 5.10 Å². The predicted octanol–water partition coefficient (Wildman–Crippen LogP) is 2.75. The molecule has 0 saturated carbocycles. The summed E-state index contributed by atoms with van der Waals surface area (Å²) < 4.78 is 1.86. The van der Waals surface area contributed by atoms with Crippen molar-refractivity contribution < 1.29 is 0 Å². The lowest BCUT2D eigenvalue weighted by molar-refractivity contribution is 0.189. The number of aryl methyl sites for hydroxylation is 1. The third-order valence-corrected chi connectivity index (χ3v) is 5.06. The molecule has 2 aromatic rings. The molecule has 0 aromatic carbocycles. The zero-order valence-electron chi connectivity index (χ0n) is 12.6. The number of nitrogens with zero attached hydrogens (tertiary/aromatic N) is 3. The van der Waals surface area contributed by atoms with Crippen molar-refractivity contribution in [2.75, 3.05) is 20.1 Å². The number of rotatable bonds is 4. The van der Waals surface area contributed by atoms with Gasteiger partial charge in [-0.15, -0.1) is 23.7 Å². The topological polar surface area (TPSA) is 33.1 Å². The van der Waals surface area contributed by atoms with Crippen LogP contribution in [0.3, 0.4) is 0 Å². The molecule has 1 unspecified atom stereocenters. The van der Waals surface area contributed by atoms with Gasteiger partial charge < -0.3 is 5.32 Å². The lowest BCUT2D eigenvalue weighted by Gasteiger charge is -2.32. The van der Waals surface area contributed by atoms with Crippen molar-refractivity contribution >= 4 is 23.7 Å². The second-order valence-electron chi connectivity index (χ2n) is 5.53. The van der Waals surface area contributed by atoms with E-state index in [1.54, 1.807) is 0 Å². The maximum atomic E-state index is 4.24. The van der Waals surface area contributed by atoms with Crippen molar-refractivity contribution in [2.45, 2.75) is 25.4 Å². The van der Waals surface area contributed by atoms with Gasteiger partial charge in [0.15, 0.2) is 0 Å². The molecule has 2 aromatic heterocycles. The first-order chi connectivity index (χ1) is 9.74. The Hall–Kier alpha value is -0.880. The average Bonchev–Trinajstić information content (AvgIpc) is 3.08. The van der Waals surface area contributed by atoms with Gasteiger partial charge >= 0.3 is 0 Å². The molecule has 1 fully saturated rings. The van der Waals surface area contributed by atoms with Crippen LogP contribution in [0.15, 0.2) is 24.5 Å². The van der Waals surface area contributed by atoms with Gasteiger partial charge in [-0.05, 0) is 38.6 Å². The van der Waals surface area contributed by atoms with Crippen molar-refractivity contribution in [3.63, 3.8) is 0 Å². The Morgan fingerprint density at radius 1 is 1.43 bits per heavy atom. The number of likely N-dealkylation sites (N-methyl/N-ethyl adjacent to an activating group) is 1. The van der Waals surface area contributed by atoms with Crippen LogP contribution in [-0.4, -0.2) is 40.9 Å². The largest absolute Gasteiger partial charge is 0.316 e. The van der Waals surface area contributed by atoms with E-state index < -0.39 is 0 Å². The van der Waals surface area contributed by atoms with E-state index in [0.717, 1.165) is 13.1 Å². The lowest BCUT2D eigenvalue weighted by Crippen LogP contribution is -2.43. The molecular formula is C15H23ClN4S. The highest BCUT2D eigenvalue weighted by molar-refractivity contribution is 7.15. The highest BCUT2D eigenvalue weighted by atomic mass is 35.5. The summed E-state index contributed by atoms with van der Waals surface area (Å²) in [5, 5.41) is 7.65. The van der Waals surface area contributed by atoms with E-state index in [-0.39, 0.29) is 12.4 Å². The summed E-state index contributed by atoms with van der Waals surface area (Å²) in [4.78, 5) is 5.32. The van der Waals surface area contributed by atoms with Gasteiger partial charge in [-0.1, -0.05) is 0 Å². The van der Waals surface area contributed by atoms with Gasteiger partial charge in [0, 0.05) is 47.7 Å². The first-order valence-electron chi connectivity index (χ1n) is 7.22. The van der Waals surface area contributed by atoms with Crippen LogP contribution in [0.5, 0.6) is 0 Å². The smallest absolute Gasteiger partial charge is 0.0576 e. The fourth-order valence-electron chi connectivity index (χ4n) is 2.82. The number of halogens is 1. The van der Waals surface area contributed by atoms with E-state index in [9.17, 15) is 0 Å². The van der Waals surface area contributed by atoms with Crippen LogP contribution in [0.25, 0.3) is 10.4 Å². The van der Waals surface area contributed by atoms with Crippen molar-refractivity contribution in [1.29, 1.82) is 0 Å². The Labute approximate surface area is 136 Å². The van der Waals surface area contributed by atoms with E-state index in [1.807, 2.05) is 29.3 Å². The van der Waals surface area contributed by atoms with E-state index >= 15 is 0 Å². The molecule has 0 bridgehead atoms. The highest BCUT2D eigenvalue weighted by Gasteiger charge is 2.18. The normalized spacial score (nSPS) is 19.4. The number of aromatic nitrogens is 2. The molecule has 1 saturated heterocycles. The van der Waals surface area contributed by atoms with Crippen LogP contribution in [0.1, 0.15) is 17.7 Å². The first kappa shape index (κ1) is 16.5. The maximum absolute atomic E-state index is 4.24. The fourth-order valence-corrected chi connectivity index (χ4v) is 3.85. The molecule has 3 heterocycles. The molecule has 0 amide bonds. The van der Waals surface area contributed by atoms with E-state index in [0.29, 0.717) is 6.04 Å². The minimum atomic E-state index is 0. The van der Waals surface area contributed by atoms with Crippen LogP contribution >= 0.6 is 23.7 Å². The monoisotopic (exact) mass is 326 g/mol. The lowest BCUT2D eigenvalue weighted by atomic mass is 10.1. The third-order valence-electron chi connectivity index (χ3n) is 3.94. The van der Waals surface area contributed by atoms with Crippen LogP contribution in [-0.2, 0) is 13.6 Å². The summed E-state index contributed by atoms with van der Waals surface area (Å²) in [6, 6.07) is 5.13. The van der Waals surface area contributed by atoms with E-state index in [4.69, 9.17) is 0 Å². The number of thiophene rings is 1. The Balaban J connectivity index is 0.00000161. The van der Waals surface area contributed by atoms with Crippen molar-refractivity contribution in [2.24, 2.45) is 7.05 Å². The SMILES string of the molecule is CNC1CCCN(Cc2ccc(-c3cnn(C)c3)s2)C1.Cl. The van der Waals surface area contributed by atoms with Crippen molar-refractivity contribution in [3.8, 4) is 10.4 Å². The molecule has 116 valence electrons. The zero-order valence-corrected chi connectivity index (χ0v) is 14.2. The summed E-state index contributed by atoms with van der Waals surface area (Å²) in [6.45, 7) is 3.46. The number of piperidine rings is 1. The Morgan fingerprint density at radius 3 is 3.00 bits per heavy atom. The molecule has 21 heavy (non-hydrogen) atoms. The van der Waals surface area contributed by atoms with Gasteiger partial charge in [0.25, 0.3) is 0 Å². The summed E-state index contributed by atoms with van der Waals surface area (Å²) in [5.74, 6) is 0. The number of hydrogen-bond donors (Lipinski definition) is 1. The van der Waals surface area contributed by atoms with Gasteiger partial charge in [-0.25, -0.2) is 0 Å². The summed E-state index contributed by atoms with van der Waals surface area (Å²) in [7, 11) is 4.03. The molecule has 4 nitrogen and oxygen atoms in total. The number of nitrogens with one attached hydrogen (secondary N) is 1. The predicted molar refractivity (Wildman–Crippen MR) is 91.1 cm³/mol. The molecule has 1 N–H and O–H groups in total. The van der Waals surface area contributed by atoms with Gasteiger partial charge in [0.1, 0.15) is 0 Å². The molecule has 3 rings (SSSR count). The van der Waals surface area contributed by atoms with Gasteiger partial charge in [-0.3, -0.25) is 9.58 Å². The second kappa shape index (κ2) is 7.40. The molecule has 0 aliphatic carbocycles. The summed E-state index contributed by atoms with van der Waals surface area (Å²) in [5.41, 5.74) is 1.22. The Morgan fingerprint density at radius 2 is 2.29 bits per heavy atom. The van der Waals surface area contributed by atoms with Crippen LogP contribution < -0.4 is 5.32 Å². The van der Waals surface area contributed by atoms with Crippen molar-refractivity contribution in [3.05, 3.63) is 29.4 Å². The van der Waals surface area contributed by atoms with Crippen LogP contribution in [0.2, 0.25) is 0 Å². The van der Waals surface area contributed by atoms with Crippen LogP contribution in [0.4, 0.5) is 0 Å². The number of likely N-dealkylation sites (tertiary alicyclic amines) is 1. The maximum Gasteiger partial charge on any atom is 0.0576 e. The molecule has 1 atom stereocenters. The number of hydrogen-bond acceptors (Lipinski definition) is 4. The van der Waals surface area contributed by atoms with Crippen molar-refractivity contribution in [1.82, 2.24) is 20.0 Å². The molecule has 0 radical (unpaired) electrons. The third kappa shape index (κ3) is 4.07. The minimum absolute atomic E-state index is 0. The van der Waals surface area contributed by atoms with E-state index in [1.165, 1.54) is 34.7 Å². The summed E-state index contributed by atoms with van der Waals surface area (Å²) in [6.07, 6.45) is 6.62. The van der Waals surface area contributed by atoms with Gasteiger partial charge in [0.2, 0.25) is 0 Å². The molecule has 1 aliphatic heterocycles.